The van der Waals surface area contributed by atoms with Crippen LogP contribution in [0.5, 0.6) is 0 Å². The molecule has 1 saturated carbocycles. The van der Waals surface area contributed by atoms with Gasteiger partial charge in [-0.3, -0.25) is 0 Å². The van der Waals surface area contributed by atoms with Crippen LogP contribution in [0.15, 0.2) is 12.1 Å². The summed E-state index contributed by atoms with van der Waals surface area (Å²) < 4.78 is 0. The van der Waals surface area contributed by atoms with Crippen molar-refractivity contribution in [1.82, 2.24) is 4.98 Å². The Morgan fingerprint density at radius 2 is 2.06 bits per heavy atom. The Morgan fingerprint density at radius 3 is 2.69 bits per heavy atom. The van der Waals surface area contributed by atoms with E-state index in [1.807, 2.05) is 19.1 Å². The van der Waals surface area contributed by atoms with Crippen molar-refractivity contribution < 1.29 is 0 Å². The highest BCUT2D eigenvalue weighted by Gasteiger charge is 2.20. The fraction of sp³-hybridized carbons (Fsp3) is 0.538. The zero-order chi connectivity index (χ0) is 11.5. The SMILES string of the molecule is Cc1cc(C#N)cc(N(C)C2CCCC2)n1. The summed E-state index contributed by atoms with van der Waals surface area (Å²) in [5.74, 6) is 0.934. The van der Waals surface area contributed by atoms with Crippen molar-refractivity contribution in [2.75, 3.05) is 11.9 Å². The number of aryl methyl sites for hydroxylation is 1. The molecule has 1 aliphatic carbocycles. The molecule has 0 bridgehead atoms. The molecular formula is C13H17N3. The van der Waals surface area contributed by atoms with E-state index >= 15 is 0 Å². The third-order valence-corrected chi connectivity index (χ3v) is 3.30. The zero-order valence-corrected chi connectivity index (χ0v) is 9.90. The Bertz CT molecular complexity index is 414. The van der Waals surface area contributed by atoms with Gasteiger partial charge in [0.1, 0.15) is 5.82 Å². The molecule has 1 aromatic heterocycles. The van der Waals surface area contributed by atoms with Gasteiger partial charge < -0.3 is 4.90 Å². The number of hydrogen-bond acceptors (Lipinski definition) is 3. The molecule has 0 aromatic carbocycles. The fourth-order valence-corrected chi connectivity index (χ4v) is 2.37. The summed E-state index contributed by atoms with van der Waals surface area (Å²) in [6, 6.07) is 6.49. The molecule has 0 radical (unpaired) electrons. The first-order valence-corrected chi connectivity index (χ1v) is 5.82. The maximum absolute atomic E-state index is 8.94. The average molecular weight is 215 g/mol. The van der Waals surface area contributed by atoms with Crippen molar-refractivity contribution in [2.24, 2.45) is 0 Å². The Labute approximate surface area is 96.7 Å². The molecule has 1 heterocycles. The summed E-state index contributed by atoms with van der Waals surface area (Å²) in [6.07, 6.45) is 5.11. The smallest absolute Gasteiger partial charge is 0.130 e. The lowest BCUT2D eigenvalue weighted by Crippen LogP contribution is -2.29. The molecule has 0 N–H and O–H groups in total. The van der Waals surface area contributed by atoms with Crippen LogP contribution in [-0.2, 0) is 0 Å². The van der Waals surface area contributed by atoms with Gasteiger partial charge in [0.05, 0.1) is 11.6 Å². The number of pyridine rings is 1. The van der Waals surface area contributed by atoms with Gasteiger partial charge in [0.2, 0.25) is 0 Å². The second kappa shape index (κ2) is 4.52. The molecular weight excluding hydrogens is 198 g/mol. The Morgan fingerprint density at radius 1 is 1.38 bits per heavy atom. The standard InChI is InChI=1S/C13H17N3/c1-10-7-11(9-14)8-13(15-10)16(2)12-5-3-4-6-12/h7-8,12H,3-6H2,1-2H3. The normalized spacial score (nSPS) is 16.1. The third-order valence-electron chi connectivity index (χ3n) is 3.30. The van der Waals surface area contributed by atoms with Crippen LogP contribution in [0, 0.1) is 18.3 Å². The monoisotopic (exact) mass is 215 g/mol. The van der Waals surface area contributed by atoms with Crippen LogP contribution in [0.25, 0.3) is 0 Å². The highest BCUT2D eigenvalue weighted by atomic mass is 15.2. The fourth-order valence-electron chi connectivity index (χ4n) is 2.37. The number of hydrogen-bond donors (Lipinski definition) is 0. The summed E-state index contributed by atoms with van der Waals surface area (Å²) in [7, 11) is 2.08. The van der Waals surface area contributed by atoms with E-state index in [9.17, 15) is 0 Å². The molecule has 3 heteroatoms. The van der Waals surface area contributed by atoms with Gasteiger partial charge in [0.25, 0.3) is 0 Å². The van der Waals surface area contributed by atoms with Gasteiger partial charge in [0.15, 0.2) is 0 Å². The predicted molar refractivity (Wildman–Crippen MR) is 64.3 cm³/mol. The maximum Gasteiger partial charge on any atom is 0.130 e. The molecule has 0 spiro atoms. The molecule has 0 atom stereocenters. The van der Waals surface area contributed by atoms with Crippen LogP contribution < -0.4 is 4.90 Å². The minimum absolute atomic E-state index is 0.598. The molecule has 16 heavy (non-hydrogen) atoms. The van der Waals surface area contributed by atoms with E-state index in [1.54, 1.807) is 0 Å². The largest absolute Gasteiger partial charge is 0.357 e. The van der Waals surface area contributed by atoms with E-state index in [0.717, 1.165) is 11.5 Å². The van der Waals surface area contributed by atoms with Crippen molar-refractivity contribution in [3.63, 3.8) is 0 Å². The topological polar surface area (TPSA) is 39.9 Å². The number of anilines is 1. The molecule has 0 unspecified atom stereocenters. The first kappa shape index (κ1) is 10.9. The Balaban J connectivity index is 2.25. The summed E-state index contributed by atoms with van der Waals surface area (Å²) in [4.78, 5) is 6.72. The van der Waals surface area contributed by atoms with Crippen molar-refractivity contribution in [2.45, 2.75) is 38.6 Å². The number of aromatic nitrogens is 1. The minimum Gasteiger partial charge on any atom is -0.357 e. The highest BCUT2D eigenvalue weighted by Crippen LogP contribution is 2.26. The quantitative estimate of drug-likeness (QED) is 0.761. The molecule has 0 aliphatic heterocycles. The van der Waals surface area contributed by atoms with E-state index in [0.29, 0.717) is 11.6 Å². The van der Waals surface area contributed by atoms with Gasteiger partial charge >= 0.3 is 0 Å². The second-order valence-electron chi connectivity index (χ2n) is 4.52. The van der Waals surface area contributed by atoms with Gasteiger partial charge in [-0.05, 0) is 31.9 Å². The van der Waals surface area contributed by atoms with Crippen LogP contribution in [0.2, 0.25) is 0 Å². The Hall–Kier alpha value is -1.56. The van der Waals surface area contributed by atoms with Gasteiger partial charge in [-0.2, -0.15) is 5.26 Å². The lowest BCUT2D eigenvalue weighted by atomic mass is 10.2. The molecule has 84 valence electrons. The van der Waals surface area contributed by atoms with Gasteiger partial charge in [-0.15, -0.1) is 0 Å². The summed E-state index contributed by atoms with van der Waals surface area (Å²) >= 11 is 0. The van der Waals surface area contributed by atoms with Crippen LogP contribution in [0.3, 0.4) is 0 Å². The molecule has 1 aliphatic rings. The molecule has 3 nitrogen and oxygen atoms in total. The van der Waals surface area contributed by atoms with E-state index < -0.39 is 0 Å². The van der Waals surface area contributed by atoms with Crippen LogP contribution in [0.4, 0.5) is 5.82 Å². The van der Waals surface area contributed by atoms with Crippen molar-refractivity contribution in [1.29, 1.82) is 5.26 Å². The Kier molecular flexibility index (Phi) is 3.09. The summed E-state index contributed by atoms with van der Waals surface area (Å²) in [6.45, 7) is 1.94. The number of nitrogens with zero attached hydrogens (tertiary/aromatic N) is 3. The first-order chi connectivity index (χ1) is 7.70. The average Bonchev–Trinajstić information content (AvgIpc) is 2.80. The van der Waals surface area contributed by atoms with Crippen LogP contribution in [-0.4, -0.2) is 18.1 Å². The van der Waals surface area contributed by atoms with Crippen molar-refractivity contribution in [3.05, 3.63) is 23.4 Å². The molecule has 1 fully saturated rings. The van der Waals surface area contributed by atoms with Crippen LogP contribution in [0.1, 0.15) is 36.9 Å². The zero-order valence-electron chi connectivity index (χ0n) is 9.90. The maximum atomic E-state index is 8.94. The lowest BCUT2D eigenvalue weighted by molar-refractivity contribution is 0.645. The molecule has 2 rings (SSSR count). The summed E-state index contributed by atoms with van der Waals surface area (Å²) in [5.41, 5.74) is 1.62. The van der Waals surface area contributed by atoms with E-state index in [2.05, 4.69) is 23.0 Å². The minimum atomic E-state index is 0.598. The van der Waals surface area contributed by atoms with Gasteiger partial charge in [0, 0.05) is 18.8 Å². The van der Waals surface area contributed by atoms with Gasteiger partial charge in [-0.1, -0.05) is 12.8 Å². The molecule has 0 amide bonds. The molecule has 0 saturated heterocycles. The van der Waals surface area contributed by atoms with Crippen molar-refractivity contribution in [3.8, 4) is 6.07 Å². The third kappa shape index (κ3) is 2.16. The molecule has 1 aromatic rings. The van der Waals surface area contributed by atoms with Crippen molar-refractivity contribution >= 4 is 5.82 Å². The highest BCUT2D eigenvalue weighted by molar-refractivity contribution is 5.46. The summed E-state index contributed by atoms with van der Waals surface area (Å²) in [5, 5.41) is 8.94. The number of nitriles is 1. The second-order valence-corrected chi connectivity index (χ2v) is 4.52. The predicted octanol–water partition coefficient (Wildman–Crippen LogP) is 2.64. The van der Waals surface area contributed by atoms with Gasteiger partial charge in [-0.25, -0.2) is 4.98 Å². The number of rotatable bonds is 2. The van der Waals surface area contributed by atoms with E-state index in [4.69, 9.17) is 5.26 Å². The van der Waals surface area contributed by atoms with E-state index in [-0.39, 0.29) is 0 Å². The van der Waals surface area contributed by atoms with Crippen LogP contribution >= 0.6 is 0 Å². The lowest BCUT2D eigenvalue weighted by Gasteiger charge is -2.25. The first-order valence-electron chi connectivity index (χ1n) is 5.82. The van der Waals surface area contributed by atoms with E-state index in [1.165, 1.54) is 25.7 Å².